The smallest absolute Gasteiger partial charge is 0.0594 e. The monoisotopic (exact) mass is 316 g/mol. The van der Waals surface area contributed by atoms with Gasteiger partial charge in [0.25, 0.3) is 0 Å². The molecule has 2 saturated heterocycles. The van der Waals surface area contributed by atoms with Crippen LogP contribution in [0.3, 0.4) is 0 Å². The number of benzene rings is 1. The highest BCUT2D eigenvalue weighted by molar-refractivity contribution is 5.24. The molecule has 0 unspecified atom stereocenters. The van der Waals surface area contributed by atoms with Crippen LogP contribution >= 0.6 is 0 Å². The van der Waals surface area contributed by atoms with Crippen molar-refractivity contribution >= 4 is 0 Å². The molecule has 0 bridgehead atoms. The highest BCUT2D eigenvalue weighted by Gasteiger charge is 2.22. The van der Waals surface area contributed by atoms with E-state index in [-0.39, 0.29) is 0 Å². The van der Waals surface area contributed by atoms with Crippen molar-refractivity contribution in [3.63, 3.8) is 0 Å². The van der Waals surface area contributed by atoms with Crippen molar-refractivity contribution < 1.29 is 4.74 Å². The third-order valence-corrected chi connectivity index (χ3v) is 5.38. The predicted molar refractivity (Wildman–Crippen MR) is 95.8 cm³/mol. The van der Waals surface area contributed by atoms with Crippen LogP contribution in [0.4, 0.5) is 0 Å². The van der Waals surface area contributed by atoms with Gasteiger partial charge in [0, 0.05) is 26.2 Å². The third kappa shape index (κ3) is 5.03. The van der Waals surface area contributed by atoms with Crippen LogP contribution in [-0.4, -0.2) is 55.7 Å². The van der Waals surface area contributed by atoms with E-state index >= 15 is 0 Å². The van der Waals surface area contributed by atoms with E-state index < -0.39 is 0 Å². The molecule has 0 aromatic heterocycles. The maximum atomic E-state index is 5.45. The molecular weight excluding hydrogens is 284 g/mol. The van der Waals surface area contributed by atoms with Crippen LogP contribution in [0.2, 0.25) is 0 Å². The molecule has 1 aromatic rings. The summed E-state index contributed by atoms with van der Waals surface area (Å²) >= 11 is 0. The molecule has 3 rings (SSSR count). The number of ether oxygens (including phenoxy) is 1. The van der Waals surface area contributed by atoms with E-state index in [1.54, 1.807) is 0 Å². The van der Waals surface area contributed by atoms with Gasteiger partial charge < -0.3 is 4.74 Å². The van der Waals surface area contributed by atoms with Crippen molar-refractivity contribution in [3.8, 4) is 0 Å². The summed E-state index contributed by atoms with van der Waals surface area (Å²) in [5, 5.41) is 0. The fourth-order valence-electron chi connectivity index (χ4n) is 3.74. The first-order chi connectivity index (χ1) is 11.2. The predicted octanol–water partition coefficient (Wildman–Crippen LogP) is 3.35. The van der Waals surface area contributed by atoms with Gasteiger partial charge in [-0.05, 0) is 48.9 Å². The number of morpholine rings is 1. The van der Waals surface area contributed by atoms with Gasteiger partial charge in [-0.2, -0.15) is 0 Å². The average molecular weight is 316 g/mol. The van der Waals surface area contributed by atoms with Crippen molar-refractivity contribution in [1.82, 2.24) is 9.80 Å². The van der Waals surface area contributed by atoms with Gasteiger partial charge in [0.05, 0.1) is 13.2 Å². The minimum atomic E-state index is 0.625. The Labute approximate surface area is 141 Å². The van der Waals surface area contributed by atoms with E-state index in [9.17, 15) is 0 Å². The normalized spacial score (nSPS) is 21.9. The standard InChI is InChI=1S/C20H32N2O/c1-17(2)20-5-3-18(4-6-20)15-21-9-7-19(8-10-21)16-22-11-13-23-14-12-22/h3-6,17,19H,7-16H2,1-2H3. The zero-order valence-corrected chi connectivity index (χ0v) is 14.8. The van der Waals surface area contributed by atoms with Gasteiger partial charge in [-0.25, -0.2) is 0 Å². The first-order valence-corrected chi connectivity index (χ1v) is 9.32. The van der Waals surface area contributed by atoms with Crippen LogP contribution < -0.4 is 0 Å². The summed E-state index contributed by atoms with van der Waals surface area (Å²) in [6.07, 6.45) is 2.70. The Hall–Kier alpha value is -0.900. The number of nitrogens with zero attached hydrogens (tertiary/aromatic N) is 2. The van der Waals surface area contributed by atoms with Gasteiger partial charge >= 0.3 is 0 Å². The van der Waals surface area contributed by atoms with Crippen LogP contribution in [-0.2, 0) is 11.3 Å². The lowest BCUT2D eigenvalue weighted by Crippen LogP contribution is -2.42. The third-order valence-electron chi connectivity index (χ3n) is 5.38. The largest absolute Gasteiger partial charge is 0.379 e. The Morgan fingerprint density at radius 3 is 2.22 bits per heavy atom. The van der Waals surface area contributed by atoms with Crippen LogP contribution in [0, 0.1) is 5.92 Å². The number of piperidine rings is 1. The van der Waals surface area contributed by atoms with Gasteiger partial charge in [0.2, 0.25) is 0 Å². The van der Waals surface area contributed by atoms with Gasteiger partial charge in [-0.15, -0.1) is 0 Å². The second kappa shape index (κ2) is 8.27. The maximum Gasteiger partial charge on any atom is 0.0594 e. The summed E-state index contributed by atoms with van der Waals surface area (Å²) < 4.78 is 5.45. The Bertz CT molecular complexity index is 457. The lowest BCUT2D eigenvalue weighted by atomic mass is 9.95. The first kappa shape index (κ1) is 16.9. The Morgan fingerprint density at radius 1 is 0.957 bits per heavy atom. The fraction of sp³-hybridized carbons (Fsp3) is 0.700. The molecule has 0 radical (unpaired) electrons. The highest BCUT2D eigenvalue weighted by Crippen LogP contribution is 2.21. The minimum Gasteiger partial charge on any atom is -0.379 e. The molecule has 3 nitrogen and oxygen atoms in total. The molecular formula is C20H32N2O. The Morgan fingerprint density at radius 2 is 1.61 bits per heavy atom. The second-order valence-corrected chi connectivity index (χ2v) is 7.53. The van der Waals surface area contributed by atoms with E-state index in [1.807, 2.05) is 0 Å². The molecule has 3 heteroatoms. The summed E-state index contributed by atoms with van der Waals surface area (Å²) in [5.74, 6) is 1.51. The average Bonchev–Trinajstić information content (AvgIpc) is 2.58. The van der Waals surface area contributed by atoms with Gasteiger partial charge in [0.15, 0.2) is 0 Å². The summed E-state index contributed by atoms with van der Waals surface area (Å²) in [6.45, 7) is 13.5. The van der Waals surface area contributed by atoms with Crippen molar-refractivity contribution in [2.45, 2.75) is 39.2 Å². The van der Waals surface area contributed by atoms with E-state index in [1.165, 1.54) is 43.6 Å². The van der Waals surface area contributed by atoms with Crippen LogP contribution in [0.1, 0.15) is 43.7 Å². The molecule has 0 amide bonds. The molecule has 0 N–H and O–H groups in total. The molecule has 0 spiro atoms. The molecule has 1 aromatic carbocycles. The molecule has 2 aliphatic rings. The molecule has 2 aliphatic heterocycles. The molecule has 2 heterocycles. The number of hydrogen-bond donors (Lipinski definition) is 0. The van der Waals surface area contributed by atoms with E-state index in [2.05, 4.69) is 47.9 Å². The van der Waals surface area contributed by atoms with Crippen LogP contribution in [0.25, 0.3) is 0 Å². The van der Waals surface area contributed by atoms with E-state index in [0.717, 1.165) is 38.8 Å². The Kier molecular flexibility index (Phi) is 6.09. The number of rotatable bonds is 5. The lowest BCUT2D eigenvalue weighted by molar-refractivity contribution is 0.0242. The highest BCUT2D eigenvalue weighted by atomic mass is 16.5. The summed E-state index contributed by atoms with van der Waals surface area (Å²) in [5.41, 5.74) is 2.90. The lowest BCUT2D eigenvalue weighted by Gasteiger charge is -2.36. The van der Waals surface area contributed by atoms with E-state index in [0.29, 0.717) is 5.92 Å². The maximum absolute atomic E-state index is 5.45. The summed E-state index contributed by atoms with van der Waals surface area (Å²) in [4.78, 5) is 5.22. The summed E-state index contributed by atoms with van der Waals surface area (Å²) in [7, 11) is 0. The minimum absolute atomic E-state index is 0.625. The summed E-state index contributed by atoms with van der Waals surface area (Å²) in [6, 6.07) is 9.22. The van der Waals surface area contributed by atoms with Crippen molar-refractivity contribution in [2.75, 3.05) is 45.9 Å². The SMILES string of the molecule is CC(C)c1ccc(CN2CCC(CN3CCOCC3)CC2)cc1. The molecule has 128 valence electrons. The fourth-order valence-corrected chi connectivity index (χ4v) is 3.74. The van der Waals surface area contributed by atoms with Crippen molar-refractivity contribution in [3.05, 3.63) is 35.4 Å². The molecule has 0 saturated carbocycles. The van der Waals surface area contributed by atoms with Gasteiger partial charge in [0.1, 0.15) is 0 Å². The quantitative estimate of drug-likeness (QED) is 0.828. The van der Waals surface area contributed by atoms with Gasteiger partial charge in [-0.1, -0.05) is 38.1 Å². The number of likely N-dealkylation sites (tertiary alicyclic amines) is 1. The zero-order valence-electron chi connectivity index (χ0n) is 14.8. The zero-order chi connectivity index (χ0) is 16.1. The molecule has 0 atom stereocenters. The van der Waals surface area contributed by atoms with Crippen molar-refractivity contribution in [2.24, 2.45) is 5.92 Å². The first-order valence-electron chi connectivity index (χ1n) is 9.32. The topological polar surface area (TPSA) is 15.7 Å². The van der Waals surface area contributed by atoms with Crippen molar-refractivity contribution in [1.29, 1.82) is 0 Å². The van der Waals surface area contributed by atoms with E-state index in [4.69, 9.17) is 4.74 Å². The molecule has 23 heavy (non-hydrogen) atoms. The number of hydrogen-bond acceptors (Lipinski definition) is 3. The van der Waals surface area contributed by atoms with Crippen LogP contribution in [0.5, 0.6) is 0 Å². The van der Waals surface area contributed by atoms with Gasteiger partial charge in [-0.3, -0.25) is 9.80 Å². The second-order valence-electron chi connectivity index (χ2n) is 7.53. The molecule has 2 fully saturated rings. The Balaban J connectivity index is 1.41. The molecule has 0 aliphatic carbocycles. The van der Waals surface area contributed by atoms with Crippen LogP contribution in [0.15, 0.2) is 24.3 Å².